The highest BCUT2D eigenvalue weighted by atomic mass is 16.8. The van der Waals surface area contributed by atoms with Crippen LogP contribution >= 0.6 is 0 Å². The highest BCUT2D eigenvalue weighted by Gasteiger charge is 2.65. The molecule has 1 saturated heterocycles. The molecule has 234 valence electrons. The molecule has 0 aromatic rings. The Kier molecular flexibility index (Phi) is 5.72. The first-order chi connectivity index (χ1) is 20.8. The molecule has 13 rings (SSSR count). The number of hydrogen-bond acceptors (Lipinski definition) is 7. The lowest BCUT2D eigenvalue weighted by Gasteiger charge is -2.58. The first-order valence-electron chi connectivity index (χ1n) is 18.0. The van der Waals surface area contributed by atoms with Crippen molar-refractivity contribution >= 4 is 17.5 Å². The van der Waals surface area contributed by atoms with Crippen LogP contribution in [-0.2, 0) is 33.3 Å². The van der Waals surface area contributed by atoms with Gasteiger partial charge in [0.15, 0.2) is 17.9 Å². The standard InChI is InChI=1S/C36H48O7/c37-30(34-11-24-5-25(15-34)31(38)26(6-24)16-34)18-40-32-29(42-36(43-32)27-7-19-1-20(9-27)10-28(36)8-19)17-41-33(39)35-12-21-2-22(13-35)4-23(3-21)14-35/h19-29,32H,1-18H2. The molecule has 12 saturated carbocycles. The van der Waals surface area contributed by atoms with Gasteiger partial charge in [0, 0.05) is 29.1 Å². The summed E-state index contributed by atoms with van der Waals surface area (Å²) in [5.74, 6) is 4.75. The van der Waals surface area contributed by atoms with Gasteiger partial charge in [0.05, 0.1) is 5.41 Å². The van der Waals surface area contributed by atoms with Crippen LogP contribution in [0.25, 0.3) is 0 Å². The van der Waals surface area contributed by atoms with Crippen LogP contribution in [0.5, 0.6) is 0 Å². The molecule has 1 heterocycles. The molecule has 12 aliphatic carbocycles. The first kappa shape index (κ1) is 26.9. The Morgan fingerprint density at radius 1 is 0.651 bits per heavy atom. The van der Waals surface area contributed by atoms with Crippen LogP contribution in [-0.4, -0.2) is 48.9 Å². The molecule has 0 radical (unpaired) electrons. The maximum atomic E-state index is 13.9. The van der Waals surface area contributed by atoms with Gasteiger partial charge >= 0.3 is 5.97 Å². The number of carbonyl (C=O) groups is 3. The van der Waals surface area contributed by atoms with Gasteiger partial charge in [0.25, 0.3) is 0 Å². The Morgan fingerprint density at radius 2 is 1.19 bits per heavy atom. The zero-order chi connectivity index (χ0) is 28.7. The molecule has 1 aliphatic heterocycles. The number of ketones is 2. The Labute approximate surface area is 254 Å². The van der Waals surface area contributed by atoms with Gasteiger partial charge in [-0.3, -0.25) is 14.4 Å². The molecular weight excluding hydrogens is 544 g/mol. The van der Waals surface area contributed by atoms with E-state index in [1.165, 1.54) is 25.7 Å². The van der Waals surface area contributed by atoms with Gasteiger partial charge in [-0.2, -0.15) is 0 Å². The second-order valence-electron chi connectivity index (χ2n) is 17.7. The summed E-state index contributed by atoms with van der Waals surface area (Å²) in [5, 5.41) is 0. The average molecular weight is 593 g/mol. The molecule has 0 aromatic heterocycles. The van der Waals surface area contributed by atoms with Crippen molar-refractivity contribution < 1.29 is 33.3 Å². The van der Waals surface area contributed by atoms with Crippen molar-refractivity contribution in [2.24, 2.45) is 70.0 Å². The van der Waals surface area contributed by atoms with Gasteiger partial charge in [-0.15, -0.1) is 0 Å². The first-order valence-corrected chi connectivity index (χ1v) is 18.0. The SMILES string of the molecule is O=C1C2CC3CC1CC(C(=O)COC1OC4(OC1COC(=O)C15CC6CC(CC(C6)C1)C5)C1CC5CC(C1)CC4C5)(C3)C2. The fourth-order valence-corrected chi connectivity index (χ4v) is 14.1. The van der Waals surface area contributed by atoms with Crippen LogP contribution in [0.2, 0.25) is 0 Å². The minimum Gasteiger partial charge on any atom is -0.462 e. The van der Waals surface area contributed by atoms with Gasteiger partial charge < -0.3 is 18.9 Å². The molecule has 13 fully saturated rings. The summed E-state index contributed by atoms with van der Waals surface area (Å²) in [6.45, 7) is 0.129. The zero-order valence-corrected chi connectivity index (χ0v) is 25.5. The average Bonchev–Trinajstić information content (AvgIpc) is 3.34. The van der Waals surface area contributed by atoms with Gasteiger partial charge in [0.2, 0.25) is 0 Å². The van der Waals surface area contributed by atoms with Crippen molar-refractivity contribution in [1.82, 2.24) is 0 Å². The third-order valence-electron chi connectivity index (χ3n) is 15.0. The fraction of sp³-hybridized carbons (Fsp3) is 0.917. The van der Waals surface area contributed by atoms with Gasteiger partial charge in [-0.05, 0) is 138 Å². The fourth-order valence-electron chi connectivity index (χ4n) is 14.1. The summed E-state index contributed by atoms with van der Waals surface area (Å²) in [5.41, 5.74) is -0.721. The number of Topliss-reactive ketones (excluding diaryl/α,β-unsaturated/α-hetero) is 2. The molecule has 4 atom stereocenters. The monoisotopic (exact) mass is 592 g/mol. The minimum absolute atomic E-state index is 0.00946. The van der Waals surface area contributed by atoms with Crippen LogP contribution < -0.4 is 0 Å². The van der Waals surface area contributed by atoms with Crippen molar-refractivity contribution in [2.75, 3.05) is 13.2 Å². The van der Waals surface area contributed by atoms with Crippen molar-refractivity contribution in [3.8, 4) is 0 Å². The highest BCUT2D eigenvalue weighted by molar-refractivity contribution is 5.92. The lowest BCUT2D eigenvalue weighted by atomic mass is 9.48. The Bertz CT molecular complexity index is 1160. The third kappa shape index (κ3) is 3.92. The predicted molar refractivity (Wildman–Crippen MR) is 153 cm³/mol. The van der Waals surface area contributed by atoms with E-state index in [-0.39, 0.29) is 42.2 Å². The van der Waals surface area contributed by atoms with E-state index < -0.39 is 23.6 Å². The molecule has 12 bridgehead atoms. The van der Waals surface area contributed by atoms with Crippen molar-refractivity contribution in [2.45, 2.75) is 121 Å². The van der Waals surface area contributed by atoms with Gasteiger partial charge in [-0.1, -0.05) is 0 Å². The lowest BCUT2D eigenvalue weighted by Crippen LogP contribution is -2.58. The van der Waals surface area contributed by atoms with Crippen LogP contribution in [0.4, 0.5) is 0 Å². The molecule has 7 heteroatoms. The van der Waals surface area contributed by atoms with E-state index >= 15 is 0 Å². The number of ether oxygens (including phenoxy) is 4. The van der Waals surface area contributed by atoms with E-state index in [1.54, 1.807) is 0 Å². The smallest absolute Gasteiger partial charge is 0.312 e. The lowest BCUT2D eigenvalue weighted by molar-refractivity contribution is -0.312. The second kappa shape index (κ2) is 9.15. The topological polar surface area (TPSA) is 88.1 Å². The van der Waals surface area contributed by atoms with Crippen LogP contribution in [0.1, 0.15) is 103 Å². The maximum Gasteiger partial charge on any atom is 0.312 e. The van der Waals surface area contributed by atoms with E-state index in [0.29, 0.717) is 54.1 Å². The number of esters is 1. The van der Waals surface area contributed by atoms with Gasteiger partial charge in [0.1, 0.15) is 25.1 Å². The molecule has 0 amide bonds. The van der Waals surface area contributed by atoms with Crippen LogP contribution in [0, 0.1) is 70.0 Å². The van der Waals surface area contributed by atoms with Crippen molar-refractivity contribution in [3.63, 3.8) is 0 Å². The van der Waals surface area contributed by atoms with Crippen molar-refractivity contribution in [3.05, 3.63) is 0 Å². The third-order valence-corrected chi connectivity index (χ3v) is 15.0. The van der Waals surface area contributed by atoms with E-state index in [4.69, 9.17) is 18.9 Å². The predicted octanol–water partition coefficient (Wildman–Crippen LogP) is 5.62. The maximum absolute atomic E-state index is 13.9. The molecule has 43 heavy (non-hydrogen) atoms. The summed E-state index contributed by atoms with van der Waals surface area (Å²) < 4.78 is 26.4. The molecule has 0 aromatic carbocycles. The quantitative estimate of drug-likeness (QED) is 0.355. The minimum atomic E-state index is -0.707. The summed E-state index contributed by atoms with van der Waals surface area (Å²) >= 11 is 0. The Hall–Kier alpha value is -1.31. The largest absolute Gasteiger partial charge is 0.462 e. The Morgan fingerprint density at radius 3 is 1.79 bits per heavy atom. The van der Waals surface area contributed by atoms with E-state index in [2.05, 4.69) is 0 Å². The van der Waals surface area contributed by atoms with Crippen LogP contribution in [0.3, 0.4) is 0 Å². The van der Waals surface area contributed by atoms with Crippen molar-refractivity contribution in [1.29, 1.82) is 0 Å². The molecule has 7 nitrogen and oxygen atoms in total. The summed E-state index contributed by atoms with van der Waals surface area (Å²) in [6, 6.07) is 0. The zero-order valence-electron chi connectivity index (χ0n) is 25.5. The van der Waals surface area contributed by atoms with E-state index in [0.717, 1.165) is 76.0 Å². The van der Waals surface area contributed by atoms with E-state index in [9.17, 15) is 14.4 Å². The number of carbonyl (C=O) groups excluding carboxylic acids is 3. The molecule has 13 aliphatic rings. The van der Waals surface area contributed by atoms with Crippen LogP contribution in [0.15, 0.2) is 0 Å². The van der Waals surface area contributed by atoms with Gasteiger partial charge in [-0.25, -0.2) is 0 Å². The number of rotatable bonds is 7. The van der Waals surface area contributed by atoms with E-state index in [1.807, 2.05) is 0 Å². The normalized spacial score (nSPS) is 56.4. The Balaban J connectivity index is 0.869. The highest BCUT2D eigenvalue weighted by Crippen LogP contribution is 2.64. The molecule has 1 spiro atoms. The molecule has 4 unspecified atom stereocenters. The molecular formula is C36H48O7. The number of hydrogen-bond donors (Lipinski definition) is 0. The summed E-state index contributed by atoms with van der Waals surface area (Å²) in [4.78, 5) is 40.4. The molecule has 0 N–H and O–H groups in total. The summed E-state index contributed by atoms with van der Waals surface area (Å²) in [6.07, 6.45) is 15.8. The second-order valence-corrected chi connectivity index (χ2v) is 17.7. The summed E-state index contributed by atoms with van der Waals surface area (Å²) in [7, 11) is 0.